The predicted molar refractivity (Wildman–Crippen MR) is 125 cm³/mol. The van der Waals surface area contributed by atoms with Crippen molar-refractivity contribution < 1.29 is 23.8 Å². The third-order valence-electron chi connectivity index (χ3n) is 6.62. The molecule has 1 aliphatic heterocycles. The number of carboxylic acid groups (broad SMARTS) is 1. The van der Waals surface area contributed by atoms with E-state index in [1.807, 2.05) is 24.5 Å². The average Bonchev–Trinajstić information content (AvgIpc) is 3.54. The summed E-state index contributed by atoms with van der Waals surface area (Å²) in [5.74, 6) is -1.68. The van der Waals surface area contributed by atoms with Gasteiger partial charge in [-0.2, -0.15) is 10.4 Å². The van der Waals surface area contributed by atoms with Crippen LogP contribution in [0.4, 0.5) is 4.39 Å². The molecule has 9 nitrogen and oxygen atoms in total. The Bertz CT molecular complexity index is 1500. The molecule has 3 aromatic heterocycles. The lowest BCUT2D eigenvalue weighted by Gasteiger charge is -2.27. The van der Waals surface area contributed by atoms with Crippen molar-refractivity contribution in [3.63, 3.8) is 0 Å². The van der Waals surface area contributed by atoms with Gasteiger partial charge >= 0.3 is 5.97 Å². The topological polar surface area (TPSA) is 126 Å². The molecule has 0 amide bonds. The smallest absolute Gasteiger partial charge is 0.332 e. The molecule has 1 fully saturated rings. The minimum atomic E-state index is -1.01. The number of nitrogens with zero attached hydrogens (tertiary/aromatic N) is 4. The predicted octanol–water partition coefficient (Wildman–Crippen LogP) is 4.20. The van der Waals surface area contributed by atoms with Crippen molar-refractivity contribution in [1.82, 2.24) is 19.7 Å². The van der Waals surface area contributed by atoms with Crippen molar-refractivity contribution in [3.8, 4) is 17.5 Å². The monoisotopic (exact) mass is 477 g/mol. The highest BCUT2D eigenvalue weighted by Crippen LogP contribution is 2.45. The van der Waals surface area contributed by atoms with Crippen LogP contribution in [0.3, 0.4) is 0 Å². The van der Waals surface area contributed by atoms with Gasteiger partial charge in [-0.15, -0.1) is 0 Å². The fourth-order valence-electron chi connectivity index (χ4n) is 4.98. The van der Waals surface area contributed by atoms with Crippen LogP contribution in [0.5, 0.6) is 5.75 Å². The Labute approximate surface area is 200 Å². The second-order valence-electron chi connectivity index (χ2n) is 9.39. The Hall–Kier alpha value is -3.97. The van der Waals surface area contributed by atoms with Gasteiger partial charge in [0.1, 0.15) is 0 Å². The van der Waals surface area contributed by atoms with Crippen LogP contribution in [0.25, 0.3) is 27.8 Å². The highest BCUT2D eigenvalue weighted by atomic mass is 19.1. The van der Waals surface area contributed by atoms with Gasteiger partial charge in [0.25, 0.3) is 0 Å². The highest BCUT2D eigenvalue weighted by molar-refractivity contribution is 5.94. The fourth-order valence-corrected chi connectivity index (χ4v) is 4.98. The Morgan fingerprint density at radius 3 is 2.91 bits per heavy atom. The molecule has 4 aromatic rings. The molecule has 0 radical (unpaired) electrons. The number of hydrogen-bond acceptors (Lipinski definition) is 6. The van der Waals surface area contributed by atoms with Gasteiger partial charge in [-0.1, -0.05) is 13.8 Å². The molecule has 2 atom stereocenters. The molecule has 0 bridgehead atoms. The molecule has 0 aliphatic carbocycles. The van der Waals surface area contributed by atoms with E-state index < -0.39 is 23.3 Å². The number of carboxylic acids is 1. The quantitative estimate of drug-likeness (QED) is 0.426. The number of nitriles is 1. The van der Waals surface area contributed by atoms with Crippen molar-refractivity contribution >= 4 is 28.0 Å². The number of H-pyrrole nitrogens is 1. The number of fused-ring (bicyclic) bond motifs is 2. The molecule has 5 rings (SSSR count). The van der Waals surface area contributed by atoms with Gasteiger partial charge in [0.05, 0.1) is 37.0 Å². The van der Waals surface area contributed by atoms with E-state index in [0.29, 0.717) is 16.9 Å². The number of halogens is 1. The van der Waals surface area contributed by atoms with E-state index in [0.717, 1.165) is 22.2 Å². The minimum absolute atomic E-state index is 0.0856. The Morgan fingerprint density at radius 2 is 2.23 bits per heavy atom. The number of pyridine rings is 1. The molecule has 35 heavy (non-hydrogen) atoms. The number of aliphatic carboxylic acids is 1. The van der Waals surface area contributed by atoms with E-state index in [1.165, 1.54) is 13.2 Å². The van der Waals surface area contributed by atoms with Crippen LogP contribution < -0.4 is 4.74 Å². The maximum Gasteiger partial charge on any atom is 0.332 e. The zero-order valence-corrected chi connectivity index (χ0v) is 19.5. The molecule has 1 aromatic carbocycles. The van der Waals surface area contributed by atoms with Crippen molar-refractivity contribution in [2.75, 3.05) is 13.7 Å². The standard InChI is InChI=1S/C25H24FN5O4/c1-25(2,6-7-27)22-20(14-9-19(24(32)33)35-12-14)21-17(8-13-11-28-30-23(13)29-21)31(22)15-4-5-16(26)18(10-15)34-3/h4-5,8,10-11,14,19H,6,9,12H2,1-3H3,(H,32,33)(H,28,29,30)/t14-,19+/m0/s1. The summed E-state index contributed by atoms with van der Waals surface area (Å²) < 4.78 is 27.1. The van der Waals surface area contributed by atoms with Crippen molar-refractivity contribution in [2.45, 2.75) is 44.1 Å². The van der Waals surface area contributed by atoms with E-state index in [1.54, 1.807) is 18.3 Å². The lowest BCUT2D eigenvalue weighted by atomic mass is 9.80. The molecule has 1 saturated heterocycles. The zero-order valence-electron chi connectivity index (χ0n) is 19.5. The van der Waals surface area contributed by atoms with Crippen LogP contribution in [0.15, 0.2) is 30.5 Å². The van der Waals surface area contributed by atoms with E-state index in [9.17, 15) is 19.6 Å². The van der Waals surface area contributed by atoms with Crippen molar-refractivity contribution in [2.24, 2.45) is 0 Å². The number of nitrogens with one attached hydrogen (secondary N) is 1. The summed E-state index contributed by atoms with van der Waals surface area (Å²) in [7, 11) is 1.40. The number of methoxy groups -OCH3 is 1. The molecule has 2 N–H and O–H groups in total. The summed E-state index contributed by atoms with van der Waals surface area (Å²) in [5.41, 5.74) is 3.59. The van der Waals surface area contributed by atoms with Crippen molar-refractivity contribution in [1.29, 1.82) is 5.26 Å². The van der Waals surface area contributed by atoms with Gasteiger partial charge in [-0.05, 0) is 24.6 Å². The third-order valence-corrected chi connectivity index (χ3v) is 6.62. The van der Waals surface area contributed by atoms with Gasteiger partial charge < -0.3 is 19.1 Å². The molecule has 0 saturated carbocycles. The number of benzene rings is 1. The maximum atomic E-state index is 14.3. The lowest BCUT2D eigenvalue weighted by Crippen LogP contribution is -2.24. The zero-order chi connectivity index (χ0) is 24.9. The number of ether oxygens (including phenoxy) is 2. The molecular weight excluding hydrogens is 453 g/mol. The van der Waals surface area contributed by atoms with E-state index in [4.69, 9.17) is 14.5 Å². The Morgan fingerprint density at radius 1 is 1.43 bits per heavy atom. The summed E-state index contributed by atoms with van der Waals surface area (Å²) in [4.78, 5) is 16.5. The first-order valence-electron chi connectivity index (χ1n) is 11.2. The summed E-state index contributed by atoms with van der Waals surface area (Å²) in [5, 5.41) is 27.0. The number of hydrogen-bond donors (Lipinski definition) is 2. The highest BCUT2D eigenvalue weighted by Gasteiger charge is 2.40. The van der Waals surface area contributed by atoms with Gasteiger partial charge in [0.15, 0.2) is 23.3 Å². The SMILES string of the molecule is COc1cc(-n2c(C(C)(C)CC#N)c([C@@H]3CO[C@@H](C(=O)O)C3)c3nc4[nH]ncc4cc32)ccc1F. The molecule has 180 valence electrons. The van der Waals surface area contributed by atoms with Crippen LogP contribution >= 0.6 is 0 Å². The number of rotatable bonds is 6. The summed E-state index contributed by atoms with van der Waals surface area (Å²) in [6.45, 7) is 4.13. The normalized spacial score (nSPS) is 18.3. The van der Waals surface area contributed by atoms with Gasteiger partial charge in [0.2, 0.25) is 0 Å². The number of aromatic nitrogens is 4. The number of aromatic amines is 1. The number of carbonyl (C=O) groups is 1. The second-order valence-corrected chi connectivity index (χ2v) is 9.39. The molecule has 0 spiro atoms. The van der Waals surface area contributed by atoms with Crippen LogP contribution in [-0.4, -0.2) is 50.6 Å². The van der Waals surface area contributed by atoms with Crippen LogP contribution in [0.1, 0.15) is 43.9 Å². The van der Waals surface area contributed by atoms with Gasteiger partial charge in [0, 0.05) is 46.2 Å². The molecule has 4 heterocycles. The molecule has 1 aliphatic rings. The molecule has 10 heteroatoms. The minimum Gasteiger partial charge on any atom is -0.494 e. The first-order chi connectivity index (χ1) is 16.7. The van der Waals surface area contributed by atoms with Crippen LogP contribution in [0, 0.1) is 17.1 Å². The Kier molecular flexibility index (Phi) is 5.44. The van der Waals surface area contributed by atoms with Crippen LogP contribution in [0.2, 0.25) is 0 Å². The summed E-state index contributed by atoms with van der Waals surface area (Å²) in [6, 6.07) is 8.81. The summed E-state index contributed by atoms with van der Waals surface area (Å²) in [6.07, 6.45) is 1.22. The van der Waals surface area contributed by atoms with Crippen LogP contribution in [-0.2, 0) is 14.9 Å². The first-order valence-corrected chi connectivity index (χ1v) is 11.2. The largest absolute Gasteiger partial charge is 0.494 e. The second kappa shape index (κ2) is 8.36. The fraction of sp³-hybridized carbons (Fsp3) is 0.360. The van der Waals surface area contributed by atoms with E-state index in [2.05, 4.69) is 16.3 Å². The van der Waals surface area contributed by atoms with Crippen molar-refractivity contribution in [3.05, 3.63) is 47.5 Å². The van der Waals surface area contributed by atoms with Gasteiger partial charge in [-0.3, -0.25) is 5.10 Å². The van der Waals surface area contributed by atoms with E-state index >= 15 is 0 Å². The van der Waals surface area contributed by atoms with Gasteiger partial charge in [-0.25, -0.2) is 14.2 Å². The first kappa shape index (κ1) is 22.8. The van der Waals surface area contributed by atoms with E-state index in [-0.39, 0.29) is 31.1 Å². The maximum absolute atomic E-state index is 14.3. The third kappa shape index (κ3) is 3.68. The average molecular weight is 477 g/mol. The summed E-state index contributed by atoms with van der Waals surface area (Å²) >= 11 is 0. The Balaban J connectivity index is 1.89. The lowest BCUT2D eigenvalue weighted by molar-refractivity contribution is -0.147. The molecular formula is C25H24FN5O4. The molecule has 0 unspecified atom stereocenters.